The molecule has 0 amide bonds. The van der Waals surface area contributed by atoms with E-state index in [2.05, 4.69) is 15.5 Å². The van der Waals surface area contributed by atoms with Crippen LogP contribution in [0.15, 0.2) is 59.0 Å². The van der Waals surface area contributed by atoms with Gasteiger partial charge in [-0.05, 0) is 30.7 Å². The fourth-order valence-electron chi connectivity index (χ4n) is 2.53. The first-order valence-corrected chi connectivity index (χ1v) is 9.06. The lowest BCUT2D eigenvalue weighted by Crippen LogP contribution is -2.02. The van der Waals surface area contributed by atoms with Crippen LogP contribution in [0.1, 0.15) is 18.1 Å². The third-order valence-electron chi connectivity index (χ3n) is 3.89. The Morgan fingerprint density at radius 2 is 1.96 bits per heavy atom. The van der Waals surface area contributed by atoms with Crippen LogP contribution < -0.4 is 10.2 Å². The minimum absolute atomic E-state index is 0.491. The Hall–Kier alpha value is -2.70. The van der Waals surface area contributed by atoms with Gasteiger partial charge in [-0.3, -0.25) is 5.43 Å². The summed E-state index contributed by atoms with van der Waals surface area (Å²) in [5.41, 5.74) is 7.94. The van der Waals surface area contributed by atoms with Gasteiger partial charge < -0.3 is 9.47 Å². The molecule has 0 bridgehead atoms. The summed E-state index contributed by atoms with van der Waals surface area (Å²) in [4.78, 5) is 4.58. The summed E-state index contributed by atoms with van der Waals surface area (Å²) < 4.78 is 10.6. The van der Waals surface area contributed by atoms with Crippen molar-refractivity contribution in [1.29, 1.82) is 0 Å². The summed E-state index contributed by atoms with van der Waals surface area (Å²) >= 11 is 1.53. The highest BCUT2D eigenvalue weighted by Crippen LogP contribution is 2.25. The first kappa shape index (κ1) is 18.1. The third kappa shape index (κ3) is 4.28. The number of benzene rings is 2. The number of aromatic nitrogens is 1. The highest BCUT2D eigenvalue weighted by Gasteiger charge is 2.07. The van der Waals surface area contributed by atoms with E-state index in [1.165, 1.54) is 11.3 Å². The SMILES string of the molecule is COCc1cc(/C(C)=N\Nc2nc(-c3ccccc3)cs2)ccc1OC. The van der Waals surface area contributed by atoms with Gasteiger partial charge in [0.25, 0.3) is 0 Å². The highest BCUT2D eigenvalue weighted by atomic mass is 32.1. The van der Waals surface area contributed by atoms with Gasteiger partial charge in [-0.2, -0.15) is 5.10 Å². The molecule has 1 aromatic heterocycles. The molecule has 1 N–H and O–H groups in total. The zero-order chi connectivity index (χ0) is 18.4. The van der Waals surface area contributed by atoms with E-state index < -0.39 is 0 Å². The zero-order valence-electron chi connectivity index (χ0n) is 15.0. The van der Waals surface area contributed by atoms with Gasteiger partial charge in [-0.25, -0.2) is 4.98 Å². The number of thiazole rings is 1. The maximum Gasteiger partial charge on any atom is 0.203 e. The van der Waals surface area contributed by atoms with Gasteiger partial charge in [-0.1, -0.05) is 30.3 Å². The molecule has 0 aliphatic heterocycles. The van der Waals surface area contributed by atoms with Crippen molar-refractivity contribution in [2.75, 3.05) is 19.6 Å². The molecule has 0 fully saturated rings. The molecule has 2 aromatic carbocycles. The first-order chi connectivity index (χ1) is 12.7. The van der Waals surface area contributed by atoms with Gasteiger partial charge in [0, 0.05) is 23.6 Å². The Kier molecular flexibility index (Phi) is 5.99. The molecule has 0 spiro atoms. The summed E-state index contributed by atoms with van der Waals surface area (Å²) in [6, 6.07) is 16.0. The zero-order valence-corrected chi connectivity index (χ0v) is 15.8. The van der Waals surface area contributed by atoms with Gasteiger partial charge in [0.05, 0.1) is 25.1 Å². The van der Waals surface area contributed by atoms with E-state index in [-0.39, 0.29) is 0 Å². The second kappa shape index (κ2) is 8.60. The van der Waals surface area contributed by atoms with E-state index in [1.54, 1.807) is 14.2 Å². The van der Waals surface area contributed by atoms with Crippen molar-refractivity contribution in [2.24, 2.45) is 5.10 Å². The van der Waals surface area contributed by atoms with E-state index in [9.17, 15) is 0 Å². The fraction of sp³-hybridized carbons (Fsp3) is 0.200. The minimum atomic E-state index is 0.491. The highest BCUT2D eigenvalue weighted by molar-refractivity contribution is 7.14. The van der Waals surface area contributed by atoms with Crippen LogP contribution >= 0.6 is 11.3 Å². The number of nitrogens with zero attached hydrogens (tertiary/aromatic N) is 2. The second-order valence-corrected chi connectivity index (χ2v) is 6.53. The fourth-order valence-corrected chi connectivity index (χ4v) is 3.20. The van der Waals surface area contributed by atoms with Crippen LogP contribution in [0, 0.1) is 0 Å². The number of ether oxygens (including phenoxy) is 2. The topological polar surface area (TPSA) is 55.7 Å². The Labute approximate surface area is 157 Å². The Bertz CT molecular complexity index is 891. The number of methoxy groups -OCH3 is 2. The van der Waals surface area contributed by atoms with Crippen LogP contribution in [-0.4, -0.2) is 24.9 Å². The number of hydrazone groups is 1. The van der Waals surface area contributed by atoms with Crippen molar-refractivity contribution in [2.45, 2.75) is 13.5 Å². The van der Waals surface area contributed by atoms with Crippen molar-refractivity contribution in [3.63, 3.8) is 0 Å². The predicted octanol–water partition coefficient (Wildman–Crippen LogP) is 4.80. The van der Waals surface area contributed by atoms with Gasteiger partial charge in [-0.15, -0.1) is 11.3 Å². The van der Waals surface area contributed by atoms with Gasteiger partial charge in [0.1, 0.15) is 5.75 Å². The van der Waals surface area contributed by atoms with Crippen LogP contribution in [-0.2, 0) is 11.3 Å². The van der Waals surface area contributed by atoms with E-state index in [1.807, 2.05) is 60.8 Å². The Balaban J connectivity index is 1.74. The molecule has 5 nitrogen and oxygen atoms in total. The molecule has 6 heteroatoms. The summed E-state index contributed by atoms with van der Waals surface area (Å²) in [5.74, 6) is 0.809. The predicted molar refractivity (Wildman–Crippen MR) is 107 cm³/mol. The number of nitrogens with one attached hydrogen (secondary N) is 1. The van der Waals surface area contributed by atoms with E-state index in [0.717, 1.165) is 39.0 Å². The summed E-state index contributed by atoms with van der Waals surface area (Å²) in [6.07, 6.45) is 0. The van der Waals surface area contributed by atoms with Gasteiger partial charge in [0.15, 0.2) is 0 Å². The molecule has 134 valence electrons. The van der Waals surface area contributed by atoms with Gasteiger partial charge in [0.2, 0.25) is 5.13 Å². The standard InChI is InChI=1S/C20H21N3O2S/c1-14(16-9-10-19(25-3)17(11-16)12-24-2)22-23-20-21-18(13-26-20)15-7-5-4-6-8-15/h4-11,13H,12H2,1-3H3,(H,21,23)/b22-14-. The van der Waals surface area contributed by atoms with Crippen molar-refractivity contribution in [3.05, 3.63) is 65.0 Å². The van der Waals surface area contributed by atoms with E-state index >= 15 is 0 Å². The lowest BCUT2D eigenvalue weighted by atomic mass is 10.1. The van der Waals surface area contributed by atoms with E-state index in [0.29, 0.717) is 6.61 Å². The minimum Gasteiger partial charge on any atom is -0.496 e. The molecule has 0 atom stereocenters. The summed E-state index contributed by atoms with van der Waals surface area (Å²) in [5, 5.41) is 7.24. The number of rotatable bonds is 7. The molecule has 26 heavy (non-hydrogen) atoms. The monoisotopic (exact) mass is 367 g/mol. The quantitative estimate of drug-likeness (QED) is 0.481. The van der Waals surface area contributed by atoms with Crippen molar-refractivity contribution in [1.82, 2.24) is 4.98 Å². The van der Waals surface area contributed by atoms with Crippen LogP contribution in [0.25, 0.3) is 11.3 Å². The molecule has 1 heterocycles. The average Bonchev–Trinajstić information content (AvgIpc) is 3.16. The van der Waals surface area contributed by atoms with Crippen LogP contribution in [0.5, 0.6) is 5.75 Å². The van der Waals surface area contributed by atoms with Crippen molar-refractivity contribution < 1.29 is 9.47 Å². The largest absolute Gasteiger partial charge is 0.496 e. The van der Waals surface area contributed by atoms with Crippen molar-refractivity contribution in [3.8, 4) is 17.0 Å². The van der Waals surface area contributed by atoms with E-state index in [4.69, 9.17) is 9.47 Å². The molecule has 3 aromatic rings. The van der Waals surface area contributed by atoms with Crippen LogP contribution in [0.4, 0.5) is 5.13 Å². The number of hydrogen-bond acceptors (Lipinski definition) is 6. The molecule has 0 aliphatic rings. The maximum atomic E-state index is 5.36. The summed E-state index contributed by atoms with van der Waals surface area (Å²) in [6.45, 7) is 2.45. The van der Waals surface area contributed by atoms with Gasteiger partial charge >= 0.3 is 0 Å². The molecular weight excluding hydrogens is 346 g/mol. The average molecular weight is 367 g/mol. The number of anilines is 1. The normalized spacial score (nSPS) is 11.4. The first-order valence-electron chi connectivity index (χ1n) is 8.18. The maximum absolute atomic E-state index is 5.36. The Morgan fingerprint density at radius 3 is 2.69 bits per heavy atom. The number of hydrogen-bond donors (Lipinski definition) is 1. The second-order valence-electron chi connectivity index (χ2n) is 5.67. The Morgan fingerprint density at radius 1 is 1.15 bits per heavy atom. The lowest BCUT2D eigenvalue weighted by molar-refractivity contribution is 0.181. The van der Waals surface area contributed by atoms with Crippen molar-refractivity contribution >= 4 is 22.2 Å². The molecule has 0 saturated carbocycles. The summed E-state index contributed by atoms with van der Waals surface area (Å²) in [7, 11) is 3.32. The lowest BCUT2D eigenvalue weighted by Gasteiger charge is -2.10. The molecule has 0 radical (unpaired) electrons. The molecular formula is C20H21N3O2S. The van der Waals surface area contributed by atoms with Crippen LogP contribution in [0.3, 0.4) is 0 Å². The molecule has 3 rings (SSSR count). The molecule has 0 aliphatic carbocycles. The smallest absolute Gasteiger partial charge is 0.203 e. The van der Waals surface area contributed by atoms with Crippen LogP contribution in [0.2, 0.25) is 0 Å². The molecule has 0 saturated heterocycles. The third-order valence-corrected chi connectivity index (χ3v) is 4.64. The molecule has 0 unspecified atom stereocenters.